The molecule has 0 aliphatic carbocycles. The van der Waals surface area contributed by atoms with Crippen LogP contribution in [-0.2, 0) is 16.2 Å². The van der Waals surface area contributed by atoms with Crippen LogP contribution >= 0.6 is 34.8 Å². The quantitative estimate of drug-likeness (QED) is 0.454. The van der Waals surface area contributed by atoms with Gasteiger partial charge in [0.1, 0.15) is 18.7 Å². The largest absolute Gasteiger partial charge is 0.472 e. The van der Waals surface area contributed by atoms with E-state index in [0.717, 1.165) is 0 Å². The lowest BCUT2D eigenvalue weighted by atomic mass is 10.0. The Kier molecular flexibility index (Phi) is 6.87. The molecule has 0 unspecified atom stereocenters. The van der Waals surface area contributed by atoms with E-state index >= 15 is 0 Å². The molecule has 6 nitrogen and oxygen atoms in total. The highest BCUT2D eigenvalue weighted by Gasteiger charge is 2.18. The van der Waals surface area contributed by atoms with E-state index in [1.807, 2.05) is 0 Å². The van der Waals surface area contributed by atoms with E-state index in [1.165, 1.54) is 20.2 Å². The molecule has 132 valence electrons. The van der Waals surface area contributed by atoms with Gasteiger partial charge in [-0.3, -0.25) is 4.79 Å². The summed E-state index contributed by atoms with van der Waals surface area (Å²) >= 11 is 17.8. The highest BCUT2D eigenvalue weighted by molar-refractivity contribution is 6.45. The maximum Gasteiger partial charge on any atom is 0.273 e. The van der Waals surface area contributed by atoms with Gasteiger partial charge in [0, 0.05) is 12.6 Å². The number of nitrogens with one attached hydrogen (secondary N) is 1. The van der Waals surface area contributed by atoms with E-state index in [-0.39, 0.29) is 39.3 Å². The molecule has 0 radical (unpaired) electrons. The van der Waals surface area contributed by atoms with Gasteiger partial charge in [-0.1, -0.05) is 64.2 Å². The van der Waals surface area contributed by atoms with Gasteiger partial charge in [-0.05, 0) is 11.6 Å². The number of pyridine rings is 1. The summed E-state index contributed by atoms with van der Waals surface area (Å²) in [5.41, 5.74) is 1.36. The van der Waals surface area contributed by atoms with Crippen LogP contribution in [0.4, 0.5) is 0 Å². The van der Waals surface area contributed by atoms with Crippen molar-refractivity contribution in [1.29, 1.82) is 0 Å². The molecule has 2 aromatic rings. The Bertz CT molecular complexity index is 812. The Morgan fingerprint density at radius 1 is 1.24 bits per heavy atom. The van der Waals surface area contributed by atoms with Gasteiger partial charge in [-0.25, -0.2) is 0 Å². The molecule has 0 fully saturated rings. The van der Waals surface area contributed by atoms with Crippen LogP contribution in [0, 0.1) is 0 Å². The number of aromatic nitrogens is 1. The van der Waals surface area contributed by atoms with Crippen molar-refractivity contribution in [3.8, 4) is 5.88 Å². The average molecular weight is 403 g/mol. The van der Waals surface area contributed by atoms with Crippen molar-refractivity contribution in [2.45, 2.75) is 6.61 Å². The number of likely N-dealkylation sites (N-methyl/N-ethyl adjacent to an activating group) is 1. The summed E-state index contributed by atoms with van der Waals surface area (Å²) in [5, 5.41) is 6.85. The Labute approximate surface area is 159 Å². The number of oxime groups is 1. The van der Waals surface area contributed by atoms with Gasteiger partial charge in [0.15, 0.2) is 10.9 Å². The molecule has 9 heteroatoms. The monoisotopic (exact) mass is 401 g/mol. The number of nitrogens with zero attached hydrogens (tertiary/aromatic N) is 2. The van der Waals surface area contributed by atoms with Crippen molar-refractivity contribution < 1.29 is 14.4 Å². The third-order valence-corrected chi connectivity index (χ3v) is 4.06. The zero-order valence-corrected chi connectivity index (χ0v) is 15.6. The molecule has 0 bridgehead atoms. The minimum absolute atomic E-state index is 0.0839. The third kappa shape index (κ3) is 4.75. The van der Waals surface area contributed by atoms with Crippen LogP contribution in [0.2, 0.25) is 15.2 Å². The van der Waals surface area contributed by atoms with E-state index in [4.69, 9.17) is 44.4 Å². The zero-order chi connectivity index (χ0) is 18.4. The second-order valence-corrected chi connectivity index (χ2v) is 5.87. The Hall–Kier alpha value is -2.02. The summed E-state index contributed by atoms with van der Waals surface area (Å²) in [7, 11) is 2.87. The van der Waals surface area contributed by atoms with Crippen LogP contribution in [0.3, 0.4) is 0 Å². The summed E-state index contributed by atoms with van der Waals surface area (Å²) in [5.74, 6) is -0.254. The van der Waals surface area contributed by atoms with Crippen LogP contribution in [0.5, 0.6) is 5.88 Å². The minimum atomic E-state index is -0.389. The number of ether oxygens (including phenoxy) is 1. The zero-order valence-electron chi connectivity index (χ0n) is 13.3. The molecule has 0 aliphatic heterocycles. The Morgan fingerprint density at radius 3 is 2.64 bits per heavy atom. The van der Waals surface area contributed by atoms with Crippen LogP contribution < -0.4 is 10.1 Å². The van der Waals surface area contributed by atoms with Gasteiger partial charge in [0.2, 0.25) is 5.88 Å². The van der Waals surface area contributed by atoms with Crippen molar-refractivity contribution >= 4 is 46.4 Å². The molecule has 1 aromatic carbocycles. The summed E-state index contributed by atoms with van der Waals surface area (Å²) < 4.78 is 5.63. The van der Waals surface area contributed by atoms with Crippen molar-refractivity contribution in [1.82, 2.24) is 10.3 Å². The maximum absolute atomic E-state index is 12.0. The van der Waals surface area contributed by atoms with Gasteiger partial charge in [-0.2, -0.15) is 4.98 Å². The normalized spacial score (nSPS) is 11.2. The number of hydrogen-bond donors (Lipinski definition) is 1. The third-order valence-electron chi connectivity index (χ3n) is 3.12. The molecule has 25 heavy (non-hydrogen) atoms. The minimum Gasteiger partial charge on any atom is -0.472 e. The first kappa shape index (κ1) is 19.3. The van der Waals surface area contributed by atoms with E-state index in [1.54, 1.807) is 24.3 Å². The average Bonchev–Trinajstić information content (AvgIpc) is 2.61. The van der Waals surface area contributed by atoms with E-state index in [9.17, 15) is 4.79 Å². The molecular weight excluding hydrogens is 389 g/mol. The first-order chi connectivity index (χ1) is 12.0. The standard InChI is InChI=1S/C16H14Cl3N3O3/c1-20-15(23)13(22-24-2)10-6-4-3-5-9(10)8-25-16-12(18)7-11(17)14(19)21-16/h3-7H,8H2,1-2H3,(H,20,23). The lowest BCUT2D eigenvalue weighted by Crippen LogP contribution is -2.29. The molecule has 1 N–H and O–H groups in total. The number of hydrogen-bond acceptors (Lipinski definition) is 5. The predicted molar refractivity (Wildman–Crippen MR) is 97.7 cm³/mol. The highest BCUT2D eigenvalue weighted by atomic mass is 35.5. The van der Waals surface area contributed by atoms with Crippen LogP contribution in [0.25, 0.3) is 0 Å². The van der Waals surface area contributed by atoms with Crippen molar-refractivity contribution in [2.24, 2.45) is 5.16 Å². The van der Waals surface area contributed by atoms with Gasteiger partial charge >= 0.3 is 0 Å². The number of rotatable bonds is 6. The molecular formula is C16H14Cl3N3O3. The molecule has 0 saturated heterocycles. The van der Waals surface area contributed by atoms with Crippen LogP contribution in [-0.4, -0.2) is 30.8 Å². The van der Waals surface area contributed by atoms with Gasteiger partial charge in [0.25, 0.3) is 5.91 Å². The molecule has 1 amide bonds. The fraction of sp³-hybridized carbons (Fsp3) is 0.188. The highest BCUT2D eigenvalue weighted by Crippen LogP contribution is 2.31. The smallest absolute Gasteiger partial charge is 0.273 e. The lowest BCUT2D eigenvalue weighted by Gasteiger charge is -2.12. The van der Waals surface area contributed by atoms with E-state index < -0.39 is 0 Å². The first-order valence-corrected chi connectivity index (χ1v) is 8.17. The Balaban J connectivity index is 2.31. The topological polar surface area (TPSA) is 72.8 Å². The predicted octanol–water partition coefficient (Wildman–Crippen LogP) is 3.72. The van der Waals surface area contributed by atoms with Gasteiger partial charge in [-0.15, -0.1) is 0 Å². The van der Waals surface area contributed by atoms with Crippen LogP contribution in [0.1, 0.15) is 11.1 Å². The summed E-state index contributed by atoms with van der Waals surface area (Å²) in [6, 6.07) is 8.55. The molecule has 1 heterocycles. The van der Waals surface area contributed by atoms with Crippen LogP contribution in [0.15, 0.2) is 35.5 Å². The lowest BCUT2D eigenvalue weighted by molar-refractivity contribution is -0.114. The second kappa shape index (κ2) is 8.89. The molecule has 0 aliphatic rings. The second-order valence-electron chi connectivity index (χ2n) is 4.70. The SMILES string of the molecule is CNC(=O)C(=NOC)c1ccccc1COc1nc(Cl)c(Cl)cc1Cl. The maximum atomic E-state index is 12.0. The first-order valence-electron chi connectivity index (χ1n) is 7.03. The fourth-order valence-corrected chi connectivity index (χ4v) is 2.52. The number of benzene rings is 1. The van der Waals surface area contributed by atoms with Gasteiger partial charge in [0.05, 0.1) is 5.02 Å². The molecule has 0 saturated carbocycles. The van der Waals surface area contributed by atoms with Crippen molar-refractivity contribution in [2.75, 3.05) is 14.2 Å². The summed E-state index contributed by atoms with van der Waals surface area (Å²) in [4.78, 5) is 20.8. The number of carbonyl (C=O) groups excluding carboxylic acids is 1. The number of halogens is 3. The molecule has 1 aromatic heterocycles. The van der Waals surface area contributed by atoms with E-state index in [0.29, 0.717) is 11.1 Å². The summed E-state index contributed by atoms with van der Waals surface area (Å²) in [6.45, 7) is 0.0839. The Morgan fingerprint density at radius 2 is 1.96 bits per heavy atom. The van der Waals surface area contributed by atoms with Gasteiger partial charge < -0.3 is 14.9 Å². The molecule has 0 atom stereocenters. The van der Waals surface area contributed by atoms with Crippen molar-refractivity contribution in [3.63, 3.8) is 0 Å². The van der Waals surface area contributed by atoms with E-state index in [2.05, 4.69) is 15.5 Å². The number of amides is 1. The summed E-state index contributed by atoms with van der Waals surface area (Å²) in [6.07, 6.45) is 0. The molecule has 2 rings (SSSR count). The fourth-order valence-electron chi connectivity index (χ4n) is 1.98. The van der Waals surface area contributed by atoms with Crippen molar-refractivity contribution in [3.05, 3.63) is 56.7 Å². The molecule has 0 spiro atoms. The number of carbonyl (C=O) groups is 1.